The second-order valence-corrected chi connectivity index (χ2v) is 18.1. The number of benzene rings is 8. The van der Waals surface area contributed by atoms with Gasteiger partial charge in [0.15, 0.2) is 0 Å². The Hall–Kier alpha value is -6.58. The van der Waals surface area contributed by atoms with Crippen LogP contribution >= 0.6 is 14.7 Å². The molecule has 0 spiro atoms. The average molecular weight is 731 g/mol. The Kier molecular flexibility index (Phi) is 5.02. The molecule has 8 aromatic carbocycles. The van der Waals surface area contributed by atoms with E-state index < -0.39 is 14.7 Å². The Bertz CT molecular complexity index is 3650. The highest BCUT2D eigenvalue weighted by Gasteiger charge is 2.29. The quantitative estimate of drug-likeness (QED) is 0.131. The lowest BCUT2D eigenvalue weighted by Crippen LogP contribution is -2.05. The molecule has 14 rings (SSSR count). The summed E-state index contributed by atoms with van der Waals surface area (Å²) in [5.41, 5.74) is 13.8. The van der Waals surface area contributed by atoms with Gasteiger partial charge >= 0.3 is 0 Å². The van der Waals surface area contributed by atoms with Gasteiger partial charge in [0.1, 0.15) is 44.7 Å². The van der Waals surface area contributed by atoms with E-state index >= 15 is 0 Å². The van der Waals surface area contributed by atoms with Crippen LogP contribution in [0.2, 0.25) is 0 Å². The van der Waals surface area contributed by atoms with E-state index in [1.807, 2.05) is 12.1 Å². The Morgan fingerprint density at radius 2 is 0.704 bits per heavy atom. The van der Waals surface area contributed by atoms with E-state index in [-0.39, 0.29) is 0 Å². The van der Waals surface area contributed by atoms with E-state index in [9.17, 15) is 0 Å². The largest absolute Gasteiger partial charge is 0.455 e. The highest BCUT2D eigenvalue weighted by Crippen LogP contribution is 2.60. The molecular formula is C46H24N2O4P2. The number of para-hydroxylation sites is 2. The topological polar surface area (TPSA) is 62.4 Å². The average Bonchev–Trinajstić information content (AvgIpc) is 3.21. The van der Waals surface area contributed by atoms with E-state index in [0.29, 0.717) is 0 Å². The minimum absolute atomic E-state index is 0.861. The molecule has 0 saturated heterocycles. The molecule has 6 aromatic heterocycles. The molecule has 0 N–H and O–H groups in total. The molecule has 14 aromatic rings. The number of nitrogens with zero attached hydrogens (tertiary/aromatic N) is 2. The summed E-state index contributed by atoms with van der Waals surface area (Å²) >= 11 is 0. The Labute approximate surface area is 305 Å². The van der Waals surface area contributed by atoms with Crippen molar-refractivity contribution in [3.63, 3.8) is 0 Å². The standard InChI is InChI=1S/C46H24N2O4P2/c1-3-11-26(12-4-1)47-28-15-7-17-30-41(28)53-43-32(49-30)19-9-21-34(43)51-36-23-25-24-37-46-40(38(25)39(47)45(36)53)48(27-13-5-2-6-14-27)29-16-8-18-31-42(29)54(46)44-33(50-31)20-10-22-35(44)52-37/h1-24H. The van der Waals surface area contributed by atoms with Gasteiger partial charge in [0.2, 0.25) is 0 Å². The normalized spacial score (nSPS) is 13.5. The van der Waals surface area contributed by atoms with Crippen LogP contribution in [0.15, 0.2) is 163 Å². The fourth-order valence-electron chi connectivity index (χ4n) is 9.33. The van der Waals surface area contributed by atoms with Gasteiger partial charge in [-0.25, -0.2) is 0 Å². The highest BCUT2D eigenvalue weighted by atomic mass is 31.1. The van der Waals surface area contributed by atoms with Gasteiger partial charge in [-0.3, -0.25) is 0 Å². The third-order valence-corrected chi connectivity index (χ3v) is 16.6. The first-order valence-electron chi connectivity index (χ1n) is 18.0. The summed E-state index contributed by atoms with van der Waals surface area (Å²) in [5.74, 6) is 0. The molecule has 0 fully saturated rings. The van der Waals surface area contributed by atoms with Crippen LogP contribution < -0.4 is 0 Å². The predicted octanol–water partition coefficient (Wildman–Crippen LogP) is 14.9. The molecule has 0 aliphatic rings. The smallest absolute Gasteiger partial charge is 0.142 e. The first-order valence-corrected chi connectivity index (χ1v) is 20.7. The summed E-state index contributed by atoms with van der Waals surface area (Å²) in [4.78, 5) is 0. The summed E-state index contributed by atoms with van der Waals surface area (Å²) in [6, 6.07) is 51.4. The van der Waals surface area contributed by atoms with E-state index in [2.05, 4.69) is 143 Å². The van der Waals surface area contributed by atoms with Crippen molar-refractivity contribution in [2.75, 3.05) is 0 Å². The molecule has 0 aliphatic carbocycles. The van der Waals surface area contributed by atoms with Crippen LogP contribution in [-0.2, 0) is 0 Å². The van der Waals surface area contributed by atoms with Crippen LogP contribution in [-0.4, -0.2) is 9.13 Å². The van der Waals surface area contributed by atoms with Gasteiger partial charge in [-0.15, -0.1) is 0 Å². The number of aromatic nitrogens is 2. The monoisotopic (exact) mass is 730 g/mol. The zero-order valence-corrected chi connectivity index (χ0v) is 30.1. The Morgan fingerprint density at radius 1 is 0.333 bits per heavy atom. The molecule has 252 valence electrons. The summed E-state index contributed by atoms with van der Waals surface area (Å²) in [6.07, 6.45) is 0. The van der Waals surface area contributed by atoms with Crippen LogP contribution in [0, 0.1) is 0 Å². The predicted molar refractivity (Wildman–Crippen MR) is 223 cm³/mol. The van der Waals surface area contributed by atoms with Crippen LogP contribution in [0.25, 0.3) is 120 Å². The molecule has 0 amide bonds. The molecule has 54 heavy (non-hydrogen) atoms. The number of fused-ring (bicyclic) bond motifs is 3. The molecule has 0 saturated carbocycles. The minimum atomic E-state index is -1.03. The maximum Gasteiger partial charge on any atom is 0.142 e. The van der Waals surface area contributed by atoms with E-state index in [1.165, 1.54) is 25.9 Å². The first kappa shape index (κ1) is 28.0. The lowest BCUT2D eigenvalue weighted by molar-refractivity contribution is 0.651. The first-order chi connectivity index (χ1) is 26.8. The van der Waals surface area contributed by atoms with Crippen molar-refractivity contribution in [3.05, 3.63) is 146 Å². The van der Waals surface area contributed by atoms with Crippen molar-refractivity contribution in [2.24, 2.45) is 0 Å². The number of hydrogen-bond donors (Lipinski definition) is 0. The maximum atomic E-state index is 6.98. The minimum Gasteiger partial charge on any atom is -0.455 e. The van der Waals surface area contributed by atoms with Crippen molar-refractivity contribution >= 4 is 123 Å². The molecule has 2 unspecified atom stereocenters. The van der Waals surface area contributed by atoms with Crippen molar-refractivity contribution in [1.29, 1.82) is 0 Å². The van der Waals surface area contributed by atoms with Crippen molar-refractivity contribution < 1.29 is 17.7 Å². The van der Waals surface area contributed by atoms with E-state index in [1.54, 1.807) is 0 Å². The molecule has 8 heteroatoms. The third-order valence-electron chi connectivity index (χ3n) is 11.3. The fraction of sp³-hybridized carbons (Fsp3) is 0. The maximum absolute atomic E-state index is 6.98. The number of hydrogen-bond acceptors (Lipinski definition) is 4. The highest BCUT2D eigenvalue weighted by molar-refractivity contribution is 7.64. The molecular weight excluding hydrogens is 706 g/mol. The zero-order valence-electron chi connectivity index (χ0n) is 28.3. The summed E-state index contributed by atoms with van der Waals surface area (Å²) in [5, 5.41) is 9.40. The van der Waals surface area contributed by atoms with Gasteiger partial charge in [0, 0.05) is 16.8 Å². The molecule has 2 atom stereocenters. The van der Waals surface area contributed by atoms with Crippen LogP contribution in [0.4, 0.5) is 0 Å². The van der Waals surface area contributed by atoms with Crippen LogP contribution in [0.3, 0.4) is 0 Å². The van der Waals surface area contributed by atoms with Crippen molar-refractivity contribution in [2.45, 2.75) is 0 Å². The summed E-state index contributed by atoms with van der Waals surface area (Å²) < 4.78 is 32.3. The van der Waals surface area contributed by atoms with E-state index in [4.69, 9.17) is 17.7 Å². The molecule has 0 radical (unpaired) electrons. The lowest BCUT2D eigenvalue weighted by atomic mass is 10.1. The SMILES string of the molecule is c1ccc(-n2c3cccc4oc5cccc6oc7cc8cc9oc%10cccc%11oc%12cccc%13c%12p(c%11%10)c9c(c8c2c7p(c56)c43)n%13-c2ccccc2)cc1. The van der Waals surface area contributed by atoms with E-state index in [0.717, 1.165) is 93.7 Å². The Morgan fingerprint density at radius 3 is 1.13 bits per heavy atom. The molecule has 6 nitrogen and oxygen atoms in total. The molecule has 0 bridgehead atoms. The Balaban J connectivity index is 1.40. The summed E-state index contributed by atoms with van der Waals surface area (Å²) in [6.45, 7) is 0. The van der Waals surface area contributed by atoms with Crippen molar-refractivity contribution in [3.8, 4) is 11.4 Å². The number of rotatable bonds is 2. The second kappa shape index (κ2) is 9.69. The summed E-state index contributed by atoms with van der Waals surface area (Å²) in [7, 11) is -2.06. The van der Waals surface area contributed by atoms with Crippen molar-refractivity contribution in [1.82, 2.24) is 9.13 Å². The van der Waals surface area contributed by atoms with Gasteiger partial charge in [-0.1, -0.05) is 75.3 Å². The zero-order chi connectivity index (χ0) is 34.8. The van der Waals surface area contributed by atoms with Crippen LogP contribution in [0.5, 0.6) is 0 Å². The second-order valence-electron chi connectivity index (χ2n) is 14.1. The van der Waals surface area contributed by atoms with Gasteiger partial charge in [-0.2, -0.15) is 0 Å². The molecule has 6 heterocycles. The third kappa shape index (κ3) is 3.28. The van der Waals surface area contributed by atoms with Gasteiger partial charge < -0.3 is 26.8 Å². The van der Waals surface area contributed by atoms with Gasteiger partial charge in [-0.05, 0) is 90.3 Å². The molecule has 0 aliphatic heterocycles. The van der Waals surface area contributed by atoms with Crippen LogP contribution in [0.1, 0.15) is 0 Å². The lowest BCUT2D eigenvalue weighted by Gasteiger charge is -2.26. The van der Waals surface area contributed by atoms with Gasteiger partial charge in [0.05, 0.1) is 52.8 Å². The van der Waals surface area contributed by atoms with Gasteiger partial charge in [0.25, 0.3) is 0 Å². The fourth-order valence-corrected chi connectivity index (χ4v) is 15.0.